The molecule has 2 aromatic rings. The van der Waals surface area contributed by atoms with Gasteiger partial charge in [0.2, 0.25) is 0 Å². The minimum absolute atomic E-state index is 0.155. The fraction of sp³-hybridized carbons (Fsp3) is 0.0769. The van der Waals surface area contributed by atoms with Gasteiger partial charge in [-0.2, -0.15) is 0 Å². The van der Waals surface area contributed by atoms with E-state index in [9.17, 15) is 9.59 Å². The minimum atomic E-state index is -1.02. The number of aryl methyl sites for hydroxylation is 1. The average molecular weight is 230 g/mol. The van der Waals surface area contributed by atoms with Crippen LogP contribution in [-0.2, 0) is 0 Å². The van der Waals surface area contributed by atoms with E-state index in [-0.39, 0.29) is 11.3 Å². The molecule has 0 fully saturated rings. The van der Waals surface area contributed by atoms with Gasteiger partial charge in [-0.1, -0.05) is 11.6 Å². The normalized spacial score (nSPS) is 10.2. The largest absolute Gasteiger partial charge is 0.478 e. The topological polar surface area (TPSA) is 67.5 Å². The summed E-state index contributed by atoms with van der Waals surface area (Å²) in [6.07, 6.45) is 0.583. The summed E-state index contributed by atoms with van der Waals surface area (Å²) in [6, 6.07) is 8.06. The quantitative estimate of drug-likeness (QED) is 0.823. The van der Waals surface area contributed by atoms with E-state index < -0.39 is 5.97 Å². The molecule has 2 rings (SSSR count). The summed E-state index contributed by atoms with van der Waals surface area (Å²) in [4.78, 5) is 21.6. The van der Waals surface area contributed by atoms with E-state index >= 15 is 0 Å². The Morgan fingerprint density at radius 2 is 2.06 bits per heavy atom. The van der Waals surface area contributed by atoms with Gasteiger partial charge in [0.05, 0.1) is 5.56 Å². The lowest BCUT2D eigenvalue weighted by Gasteiger charge is -2.04. The molecule has 0 amide bonds. The molecule has 0 atom stereocenters. The van der Waals surface area contributed by atoms with Crippen LogP contribution in [0.5, 0.6) is 0 Å². The zero-order chi connectivity index (χ0) is 12.4. The molecule has 86 valence electrons. The van der Waals surface area contributed by atoms with Crippen LogP contribution in [0.4, 0.5) is 0 Å². The second kappa shape index (κ2) is 4.25. The van der Waals surface area contributed by atoms with E-state index in [1.807, 2.05) is 6.92 Å². The van der Waals surface area contributed by atoms with E-state index in [0.29, 0.717) is 17.6 Å². The molecule has 0 aliphatic heterocycles. The smallest absolute Gasteiger partial charge is 0.336 e. The molecule has 0 spiro atoms. The van der Waals surface area contributed by atoms with Crippen LogP contribution in [0.25, 0.3) is 11.3 Å². The molecule has 1 aromatic carbocycles. The maximum atomic E-state index is 11.1. The highest BCUT2D eigenvalue weighted by Crippen LogP contribution is 2.26. The first-order valence-electron chi connectivity index (χ1n) is 5.01. The van der Waals surface area contributed by atoms with Crippen LogP contribution in [0.3, 0.4) is 0 Å². The van der Waals surface area contributed by atoms with Gasteiger partial charge in [-0.25, -0.2) is 4.79 Å². The summed E-state index contributed by atoms with van der Waals surface area (Å²) in [6.45, 7) is 1.86. The number of hydrogen-bond acceptors (Lipinski definition) is 3. The summed E-state index contributed by atoms with van der Waals surface area (Å²) in [5, 5.41) is 9.07. The standard InChI is InChI=1S/C13H10O4/c1-8-2-4-10(13(15)16)11(6-8)12-5-3-9(7-14)17-12/h2-7H,1H3,(H,15,16). The predicted molar refractivity (Wildman–Crippen MR) is 61.2 cm³/mol. The summed E-state index contributed by atoms with van der Waals surface area (Å²) >= 11 is 0. The number of carboxylic acid groups (broad SMARTS) is 1. The predicted octanol–water partition coefficient (Wildman–Crippen LogP) is 2.77. The lowest BCUT2D eigenvalue weighted by Crippen LogP contribution is -1.99. The number of hydrogen-bond donors (Lipinski definition) is 1. The molecule has 0 saturated carbocycles. The molecule has 0 bridgehead atoms. The maximum absolute atomic E-state index is 11.1. The van der Waals surface area contributed by atoms with Gasteiger partial charge in [0.1, 0.15) is 5.76 Å². The third kappa shape index (κ3) is 2.10. The summed E-state index contributed by atoms with van der Waals surface area (Å²) in [5.74, 6) is -0.463. The molecular weight excluding hydrogens is 220 g/mol. The molecular formula is C13H10O4. The van der Waals surface area contributed by atoms with Gasteiger partial charge in [0.15, 0.2) is 12.0 Å². The first kappa shape index (κ1) is 11.1. The molecule has 0 aliphatic carbocycles. The Morgan fingerprint density at radius 1 is 1.29 bits per heavy atom. The molecule has 0 unspecified atom stereocenters. The Bertz CT molecular complexity index is 581. The van der Waals surface area contributed by atoms with Gasteiger partial charge in [-0.05, 0) is 31.2 Å². The number of rotatable bonds is 3. The first-order chi connectivity index (χ1) is 8.11. The number of carbonyl (C=O) groups excluding carboxylic acids is 1. The molecule has 1 N–H and O–H groups in total. The highest BCUT2D eigenvalue weighted by molar-refractivity contribution is 5.95. The molecule has 0 radical (unpaired) electrons. The molecule has 1 aromatic heterocycles. The van der Waals surface area contributed by atoms with Crippen molar-refractivity contribution in [3.8, 4) is 11.3 Å². The SMILES string of the molecule is Cc1ccc(C(=O)O)c(-c2ccc(C=O)o2)c1. The minimum Gasteiger partial charge on any atom is -0.478 e. The second-order valence-corrected chi connectivity index (χ2v) is 3.67. The van der Waals surface area contributed by atoms with Crippen molar-refractivity contribution in [3.05, 3.63) is 47.2 Å². The van der Waals surface area contributed by atoms with Crippen LogP contribution in [0, 0.1) is 6.92 Å². The van der Waals surface area contributed by atoms with Crippen molar-refractivity contribution in [2.45, 2.75) is 6.92 Å². The monoisotopic (exact) mass is 230 g/mol. The third-order valence-electron chi connectivity index (χ3n) is 2.41. The van der Waals surface area contributed by atoms with Crippen molar-refractivity contribution < 1.29 is 19.1 Å². The Labute approximate surface area is 97.5 Å². The van der Waals surface area contributed by atoms with Gasteiger partial charge >= 0.3 is 5.97 Å². The van der Waals surface area contributed by atoms with Crippen LogP contribution < -0.4 is 0 Å². The van der Waals surface area contributed by atoms with Gasteiger partial charge in [0.25, 0.3) is 0 Å². The lowest BCUT2D eigenvalue weighted by molar-refractivity contribution is 0.0697. The number of carbonyl (C=O) groups is 2. The van der Waals surface area contributed by atoms with Crippen LogP contribution in [0.1, 0.15) is 26.5 Å². The van der Waals surface area contributed by atoms with Gasteiger partial charge in [-0.3, -0.25) is 4.79 Å². The van der Waals surface area contributed by atoms with Crippen LogP contribution in [0.2, 0.25) is 0 Å². The lowest BCUT2D eigenvalue weighted by atomic mass is 10.0. The van der Waals surface area contributed by atoms with E-state index in [1.165, 1.54) is 12.1 Å². The molecule has 0 aliphatic rings. The van der Waals surface area contributed by atoms with Crippen molar-refractivity contribution in [1.29, 1.82) is 0 Å². The summed E-state index contributed by atoms with van der Waals surface area (Å²) in [7, 11) is 0. The first-order valence-corrected chi connectivity index (χ1v) is 5.01. The number of benzene rings is 1. The molecule has 4 heteroatoms. The van der Waals surface area contributed by atoms with Crippen molar-refractivity contribution in [2.75, 3.05) is 0 Å². The Hall–Kier alpha value is -2.36. The fourth-order valence-electron chi connectivity index (χ4n) is 1.61. The van der Waals surface area contributed by atoms with E-state index in [2.05, 4.69) is 0 Å². The highest BCUT2D eigenvalue weighted by atomic mass is 16.4. The third-order valence-corrected chi connectivity index (χ3v) is 2.41. The summed E-state index contributed by atoms with van der Waals surface area (Å²) in [5.41, 5.74) is 1.56. The van der Waals surface area contributed by atoms with Gasteiger partial charge in [0, 0.05) is 5.56 Å². The number of furan rings is 1. The van der Waals surface area contributed by atoms with E-state index in [1.54, 1.807) is 18.2 Å². The van der Waals surface area contributed by atoms with Crippen molar-refractivity contribution in [3.63, 3.8) is 0 Å². The van der Waals surface area contributed by atoms with Crippen molar-refractivity contribution in [1.82, 2.24) is 0 Å². The highest BCUT2D eigenvalue weighted by Gasteiger charge is 2.14. The molecule has 4 nitrogen and oxygen atoms in total. The average Bonchev–Trinajstić information content (AvgIpc) is 2.76. The number of aldehydes is 1. The zero-order valence-electron chi connectivity index (χ0n) is 9.14. The van der Waals surface area contributed by atoms with E-state index in [4.69, 9.17) is 9.52 Å². The Morgan fingerprint density at radius 3 is 2.65 bits per heavy atom. The Kier molecular flexibility index (Phi) is 2.78. The van der Waals surface area contributed by atoms with Gasteiger partial charge in [-0.15, -0.1) is 0 Å². The van der Waals surface area contributed by atoms with Crippen LogP contribution >= 0.6 is 0 Å². The number of carboxylic acids is 1. The maximum Gasteiger partial charge on any atom is 0.336 e. The van der Waals surface area contributed by atoms with Crippen molar-refractivity contribution >= 4 is 12.3 Å². The molecule has 1 heterocycles. The number of aromatic carboxylic acids is 1. The molecule has 0 saturated heterocycles. The zero-order valence-corrected chi connectivity index (χ0v) is 9.14. The van der Waals surface area contributed by atoms with Crippen LogP contribution in [0.15, 0.2) is 34.7 Å². The summed E-state index contributed by atoms with van der Waals surface area (Å²) < 4.78 is 5.23. The Balaban J connectivity index is 2.60. The molecule has 17 heavy (non-hydrogen) atoms. The van der Waals surface area contributed by atoms with Crippen molar-refractivity contribution in [2.24, 2.45) is 0 Å². The van der Waals surface area contributed by atoms with Gasteiger partial charge < -0.3 is 9.52 Å². The van der Waals surface area contributed by atoms with Crippen LogP contribution in [-0.4, -0.2) is 17.4 Å². The van der Waals surface area contributed by atoms with E-state index in [0.717, 1.165) is 5.56 Å². The second-order valence-electron chi connectivity index (χ2n) is 3.67. The fourth-order valence-corrected chi connectivity index (χ4v) is 1.61.